The second-order valence-corrected chi connectivity index (χ2v) is 5.30. The Morgan fingerprint density at radius 1 is 1.26 bits per heavy atom. The summed E-state index contributed by atoms with van der Waals surface area (Å²) in [5, 5.41) is 3.42. The lowest BCUT2D eigenvalue weighted by Gasteiger charge is -2.14. The van der Waals surface area contributed by atoms with Gasteiger partial charge in [-0.1, -0.05) is 19.9 Å². The molecule has 0 aliphatic heterocycles. The van der Waals surface area contributed by atoms with Crippen LogP contribution in [0.15, 0.2) is 12.1 Å². The zero-order chi connectivity index (χ0) is 14.3. The minimum absolute atomic E-state index is 0.0156. The van der Waals surface area contributed by atoms with E-state index in [4.69, 9.17) is 9.47 Å². The molecular formula is C15H26N2O2. The number of hydrogen-bond donors (Lipinski definition) is 1. The molecule has 0 aromatic carbocycles. The third-order valence-corrected chi connectivity index (χ3v) is 2.76. The number of aryl methyl sites for hydroxylation is 1. The number of methoxy groups -OCH3 is 1. The van der Waals surface area contributed by atoms with Crippen LogP contribution in [0.1, 0.15) is 32.0 Å². The van der Waals surface area contributed by atoms with Crippen LogP contribution in [-0.4, -0.2) is 31.3 Å². The summed E-state index contributed by atoms with van der Waals surface area (Å²) in [6.45, 7) is 10.8. The Kier molecular flexibility index (Phi) is 6.81. The Morgan fingerprint density at radius 2 is 2.00 bits per heavy atom. The highest BCUT2D eigenvalue weighted by atomic mass is 16.5. The number of aromatic nitrogens is 1. The second-order valence-electron chi connectivity index (χ2n) is 5.30. The molecule has 0 bridgehead atoms. The van der Waals surface area contributed by atoms with E-state index < -0.39 is 0 Å². The zero-order valence-electron chi connectivity index (χ0n) is 12.7. The molecule has 4 nitrogen and oxygen atoms in total. The van der Waals surface area contributed by atoms with E-state index in [0.29, 0.717) is 18.4 Å². The minimum Gasteiger partial charge on any atom is -0.472 e. The van der Waals surface area contributed by atoms with Gasteiger partial charge < -0.3 is 14.8 Å². The molecule has 1 heterocycles. The van der Waals surface area contributed by atoms with Gasteiger partial charge in [-0.05, 0) is 31.9 Å². The Hall–Kier alpha value is -1.13. The molecule has 1 N–H and O–H groups in total. The summed E-state index contributed by atoms with van der Waals surface area (Å²) >= 11 is 0. The molecule has 0 aliphatic carbocycles. The first-order valence-electron chi connectivity index (χ1n) is 6.85. The first-order chi connectivity index (χ1) is 9.02. The van der Waals surface area contributed by atoms with Crippen molar-refractivity contribution in [2.24, 2.45) is 5.92 Å². The fraction of sp³-hybridized carbons (Fsp3) is 0.667. The number of ether oxygens (including phenoxy) is 2. The molecule has 108 valence electrons. The van der Waals surface area contributed by atoms with Crippen molar-refractivity contribution < 1.29 is 9.47 Å². The van der Waals surface area contributed by atoms with Gasteiger partial charge in [0, 0.05) is 25.4 Å². The zero-order valence-corrected chi connectivity index (χ0v) is 12.7. The van der Waals surface area contributed by atoms with E-state index in [1.165, 1.54) is 5.56 Å². The summed E-state index contributed by atoms with van der Waals surface area (Å²) in [5.74, 6) is 1.32. The van der Waals surface area contributed by atoms with Crippen LogP contribution in [0.3, 0.4) is 0 Å². The summed E-state index contributed by atoms with van der Waals surface area (Å²) < 4.78 is 10.7. The summed E-state index contributed by atoms with van der Waals surface area (Å²) in [7, 11) is 1.67. The monoisotopic (exact) mass is 266 g/mol. The number of nitrogens with one attached hydrogen (secondary N) is 1. The summed E-state index contributed by atoms with van der Waals surface area (Å²) in [4.78, 5) is 4.48. The van der Waals surface area contributed by atoms with E-state index in [9.17, 15) is 0 Å². The van der Waals surface area contributed by atoms with Crippen LogP contribution in [-0.2, 0) is 11.3 Å². The van der Waals surface area contributed by atoms with Crippen molar-refractivity contribution in [2.75, 3.05) is 20.3 Å². The average molecular weight is 266 g/mol. The standard InChI is InChI=1S/C15H26N2O2/c1-11(2)8-16-9-14-6-7-15(17-13(14)4)19-12(3)10-18-5/h6-7,11-12,16H,8-10H2,1-5H3. The van der Waals surface area contributed by atoms with E-state index >= 15 is 0 Å². The molecule has 4 heteroatoms. The molecule has 0 aliphatic rings. The van der Waals surface area contributed by atoms with E-state index in [1.807, 2.05) is 19.9 Å². The van der Waals surface area contributed by atoms with Crippen LogP contribution in [0, 0.1) is 12.8 Å². The van der Waals surface area contributed by atoms with Gasteiger partial charge in [0.2, 0.25) is 5.88 Å². The summed E-state index contributed by atoms with van der Waals surface area (Å²) in [6, 6.07) is 4.00. The predicted octanol–water partition coefficient (Wildman–Crippen LogP) is 2.55. The lowest BCUT2D eigenvalue weighted by Crippen LogP contribution is -2.20. The van der Waals surface area contributed by atoms with Crippen LogP contribution in [0.5, 0.6) is 5.88 Å². The Labute approximate surface area is 116 Å². The smallest absolute Gasteiger partial charge is 0.213 e. The molecule has 0 amide bonds. The highest BCUT2D eigenvalue weighted by molar-refractivity contribution is 5.25. The molecular weight excluding hydrogens is 240 g/mol. The van der Waals surface area contributed by atoms with Crippen molar-refractivity contribution in [1.82, 2.24) is 10.3 Å². The Morgan fingerprint density at radius 3 is 2.58 bits per heavy atom. The quantitative estimate of drug-likeness (QED) is 0.785. The fourth-order valence-electron chi connectivity index (χ4n) is 1.79. The van der Waals surface area contributed by atoms with E-state index in [0.717, 1.165) is 18.8 Å². The largest absolute Gasteiger partial charge is 0.472 e. The molecule has 1 unspecified atom stereocenters. The van der Waals surface area contributed by atoms with Crippen LogP contribution < -0.4 is 10.1 Å². The number of hydrogen-bond acceptors (Lipinski definition) is 4. The van der Waals surface area contributed by atoms with Gasteiger partial charge in [-0.3, -0.25) is 0 Å². The normalized spacial score (nSPS) is 12.7. The number of pyridine rings is 1. The molecule has 0 spiro atoms. The van der Waals surface area contributed by atoms with E-state index in [-0.39, 0.29) is 6.10 Å². The van der Waals surface area contributed by atoms with Crippen LogP contribution in [0.4, 0.5) is 0 Å². The molecule has 0 saturated heterocycles. The molecule has 0 fully saturated rings. The first-order valence-corrected chi connectivity index (χ1v) is 6.85. The van der Waals surface area contributed by atoms with Crippen LogP contribution >= 0.6 is 0 Å². The van der Waals surface area contributed by atoms with Gasteiger partial charge in [0.15, 0.2) is 0 Å². The van der Waals surface area contributed by atoms with Gasteiger partial charge in [0.05, 0.1) is 6.61 Å². The van der Waals surface area contributed by atoms with Crippen molar-refractivity contribution in [3.8, 4) is 5.88 Å². The third-order valence-electron chi connectivity index (χ3n) is 2.76. The first kappa shape index (κ1) is 15.9. The molecule has 1 aromatic rings. The van der Waals surface area contributed by atoms with Crippen molar-refractivity contribution in [3.63, 3.8) is 0 Å². The lowest BCUT2D eigenvalue weighted by atomic mass is 10.2. The van der Waals surface area contributed by atoms with Gasteiger partial charge in [0.25, 0.3) is 0 Å². The lowest BCUT2D eigenvalue weighted by molar-refractivity contribution is 0.0888. The van der Waals surface area contributed by atoms with Crippen LogP contribution in [0.25, 0.3) is 0 Å². The van der Waals surface area contributed by atoms with Gasteiger partial charge in [-0.25, -0.2) is 4.98 Å². The SMILES string of the molecule is COCC(C)Oc1ccc(CNCC(C)C)c(C)n1. The van der Waals surface area contributed by atoms with Gasteiger partial charge in [-0.2, -0.15) is 0 Å². The number of rotatable bonds is 8. The van der Waals surface area contributed by atoms with E-state index in [2.05, 4.69) is 30.2 Å². The molecule has 1 atom stereocenters. The van der Waals surface area contributed by atoms with E-state index in [1.54, 1.807) is 7.11 Å². The van der Waals surface area contributed by atoms with Crippen molar-refractivity contribution in [1.29, 1.82) is 0 Å². The predicted molar refractivity (Wildman–Crippen MR) is 77.5 cm³/mol. The molecule has 0 radical (unpaired) electrons. The average Bonchev–Trinajstić information content (AvgIpc) is 2.31. The maximum absolute atomic E-state index is 5.68. The molecule has 19 heavy (non-hydrogen) atoms. The van der Waals surface area contributed by atoms with Gasteiger partial charge >= 0.3 is 0 Å². The maximum atomic E-state index is 5.68. The topological polar surface area (TPSA) is 43.4 Å². The Balaban J connectivity index is 2.54. The molecule has 1 rings (SSSR count). The second kappa shape index (κ2) is 8.12. The highest BCUT2D eigenvalue weighted by Crippen LogP contribution is 2.14. The molecule has 1 aromatic heterocycles. The van der Waals surface area contributed by atoms with Crippen molar-refractivity contribution >= 4 is 0 Å². The fourth-order valence-corrected chi connectivity index (χ4v) is 1.79. The maximum Gasteiger partial charge on any atom is 0.213 e. The third kappa shape index (κ3) is 6.03. The van der Waals surface area contributed by atoms with Gasteiger partial charge in [0.1, 0.15) is 6.10 Å². The summed E-state index contributed by atoms with van der Waals surface area (Å²) in [5.41, 5.74) is 2.23. The minimum atomic E-state index is 0.0156. The van der Waals surface area contributed by atoms with Gasteiger partial charge in [-0.15, -0.1) is 0 Å². The molecule has 0 saturated carbocycles. The summed E-state index contributed by atoms with van der Waals surface area (Å²) in [6.07, 6.45) is 0.0156. The Bertz CT molecular complexity index is 380. The van der Waals surface area contributed by atoms with Crippen LogP contribution in [0.2, 0.25) is 0 Å². The number of nitrogens with zero attached hydrogens (tertiary/aromatic N) is 1. The highest BCUT2D eigenvalue weighted by Gasteiger charge is 2.07. The van der Waals surface area contributed by atoms with Crippen molar-refractivity contribution in [3.05, 3.63) is 23.4 Å². The van der Waals surface area contributed by atoms with Crippen molar-refractivity contribution in [2.45, 2.75) is 40.3 Å².